The minimum absolute atomic E-state index is 0.599. The van der Waals surface area contributed by atoms with Crippen molar-refractivity contribution in [2.24, 2.45) is 22.6 Å². The predicted molar refractivity (Wildman–Crippen MR) is 50.5 cm³/mol. The van der Waals surface area contributed by atoms with E-state index in [1.54, 1.807) is 0 Å². The van der Waals surface area contributed by atoms with Gasteiger partial charge in [0.1, 0.15) is 5.84 Å². The van der Waals surface area contributed by atoms with Gasteiger partial charge < -0.3 is 11.6 Å². The third-order valence-electron chi connectivity index (χ3n) is 2.00. The number of hydrogen-bond acceptors (Lipinski definition) is 3. The second-order valence-corrected chi connectivity index (χ2v) is 4.11. The van der Waals surface area contributed by atoms with Gasteiger partial charge in [0.2, 0.25) is 0 Å². The zero-order valence-corrected chi connectivity index (χ0v) is 7.44. The van der Waals surface area contributed by atoms with Gasteiger partial charge >= 0.3 is 0 Å². The molecule has 1 rings (SSSR count). The second kappa shape index (κ2) is 4.49. The van der Waals surface area contributed by atoms with Crippen LogP contribution in [0.25, 0.3) is 0 Å². The molecule has 1 aliphatic heterocycles. The van der Waals surface area contributed by atoms with E-state index < -0.39 is 0 Å². The molecule has 1 aliphatic rings. The fraction of sp³-hybridized carbons (Fsp3) is 0.857. The topological polar surface area (TPSA) is 64.4 Å². The number of rotatable bonds is 2. The molecule has 0 unspecified atom stereocenters. The van der Waals surface area contributed by atoms with Crippen LogP contribution < -0.4 is 11.6 Å². The van der Waals surface area contributed by atoms with Crippen LogP contribution in [0.5, 0.6) is 0 Å². The highest BCUT2D eigenvalue weighted by Gasteiger charge is 2.14. The van der Waals surface area contributed by atoms with E-state index in [9.17, 15) is 0 Å². The quantitative estimate of drug-likeness (QED) is 0.280. The Morgan fingerprint density at radius 1 is 1.45 bits per heavy atom. The first-order valence-electron chi connectivity index (χ1n) is 3.93. The molecular formula is C7H15N3S. The van der Waals surface area contributed by atoms with Crippen LogP contribution in [-0.2, 0) is 0 Å². The van der Waals surface area contributed by atoms with E-state index in [0.717, 1.165) is 12.3 Å². The van der Waals surface area contributed by atoms with Crippen molar-refractivity contribution in [2.45, 2.75) is 19.3 Å². The zero-order chi connectivity index (χ0) is 8.10. The van der Waals surface area contributed by atoms with Crippen molar-refractivity contribution in [1.82, 2.24) is 0 Å². The van der Waals surface area contributed by atoms with Crippen LogP contribution in [0.3, 0.4) is 0 Å². The van der Waals surface area contributed by atoms with Crippen molar-refractivity contribution in [3.05, 3.63) is 0 Å². The Bertz CT molecular complexity index is 141. The average molecular weight is 173 g/mol. The largest absolute Gasteiger partial charge is 0.386 e. The Morgan fingerprint density at radius 3 is 2.64 bits per heavy atom. The fourth-order valence-corrected chi connectivity index (χ4v) is 2.50. The van der Waals surface area contributed by atoms with E-state index in [2.05, 4.69) is 5.10 Å². The van der Waals surface area contributed by atoms with Gasteiger partial charge in [-0.2, -0.15) is 16.9 Å². The van der Waals surface area contributed by atoms with Crippen molar-refractivity contribution < 1.29 is 0 Å². The molecule has 0 saturated carbocycles. The zero-order valence-electron chi connectivity index (χ0n) is 6.62. The Balaban J connectivity index is 2.24. The Kier molecular flexibility index (Phi) is 3.56. The average Bonchev–Trinajstić information content (AvgIpc) is 2.06. The van der Waals surface area contributed by atoms with Crippen LogP contribution >= 0.6 is 11.8 Å². The summed E-state index contributed by atoms with van der Waals surface area (Å²) >= 11 is 2.02. The number of nitrogens with zero attached hydrogens (tertiary/aromatic N) is 1. The van der Waals surface area contributed by atoms with E-state index in [4.69, 9.17) is 11.6 Å². The summed E-state index contributed by atoms with van der Waals surface area (Å²) < 4.78 is 0. The molecular weight excluding hydrogens is 158 g/mol. The Morgan fingerprint density at radius 2 is 2.09 bits per heavy atom. The normalized spacial score (nSPS) is 22.0. The molecule has 0 aliphatic carbocycles. The van der Waals surface area contributed by atoms with Crippen molar-refractivity contribution in [1.29, 1.82) is 0 Å². The highest BCUT2D eigenvalue weighted by molar-refractivity contribution is 7.99. The summed E-state index contributed by atoms with van der Waals surface area (Å²) in [6.07, 6.45) is 3.42. The Labute approximate surface area is 71.6 Å². The van der Waals surface area contributed by atoms with Gasteiger partial charge in [-0.05, 0) is 30.3 Å². The summed E-state index contributed by atoms with van der Waals surface area (Å²) in [5, 5.41) is 3.47. The fourth-order valence-electron chi connectivity index (χ4n) is 1.30. The van der Waals surface area contributed by atoms with E-state index in [-0.39, 0.29) is 0 Å². The Hall–Kier alpha value is -0.380. The first kappa shape index (κ1) is 8.71. The van der Waals surface area contributed by atoms with Crippen molar-refractivity contribution in [3.8, 4) is 0 Å². The minimum atomic E-state index is 0.599. The lowest BCUT2D eigenvalue weighted by Gasteiger charge is -2.20. The molecule has 1 saturated heterocycles. The molecule has 3 nitrogen and oxygen atoms in total. The molecule has 0 aromatic carbocycles. The summed E-state index contributed by atoms with van der Waals surface area (Å²) in [6, 6.07) is 0. The van der Waals surface area contributed by atoms with E-state index in [1.165, 1.54) is 24.3 Å². The van der Waals surface area contributed by atoms with E-state index in [0.29, 0.717) is 5.84 Å². The number of amidine groups is 1. The number of hydrogen-bond donors (Lipinski definition) is 2. The van der Waals surface area contributed by atoms with Crippen molar-refractivity contribution >= 4 is 17.6 Å². The maximum absolute atomic E-state index is 5.52. The molecule has 0 radical (unpaired) electrons. The van der Waals surface area contributed by atoms with Gasteiger partial charge in [-0.1, -0.05) is 0 Å². The van der Waals surface area contributed by atoms with Crippen LogP contribution in [0.2, 0.25) is 0 Å². The predicted octanol–water partition coefficient (Wildman–Crippen LogP) is 0.751. The van der Waals surface area contributed by atoms with Crippen LogP contribution in [-0.4, -0.2) is 17.3 Å². The molecule has 0 aromatic heterocycles. The minimum Gasteiger partial charge on any atom is -0.386 e. The monoisotopic (exact) mass is 173 g/mol. The van der Waals surface area contributed by atoms with Gasteiger partial charge in [-0.25, -0.2) is 0 Å². The maximum atomic E-state index is 5.52. The van der Waals surface area contributed by atoms with Crippen LogP contribution in [0.4, 0.5) is 0 Å². The molecule has 4 heteroatoms. The SMILES string of the molecule is NN=C(N)CC1CCSCC1. The summed E-state index contributed by atoms with van der Waals surface area (Å²) in [5.41, 5.74) is 5.52. The molecule has 0 spiro atoms. The lowest BCUT2D eigenvalue weighted by atomic mass is 9.98. The van der Waals surface area contributed by atoms with Crippen LogP contribution in [0.1, 0.15) is 19.3 Å². The van der Waals surface area contributed by atoms with Crippen molar-refractivity contribution in [2.75, 3.05) is 11.5 Å². The molecule has 0 amide bonds. The van der Waals surface area contributed by atoms with Crippen LogP contribution in [0.15, 0.2) is 5.10 Å². The molecule has 4 N–H and O–H groups in total. The molecule has 0 atom stereocenters. The summed E-state index contributed by atoms with van der Waals surface area (Å²) in [7, 11) is 0. The second-order valence-electron chi connectivity index (χ2n) is 2.88. The highest BCUT2D eigenvalue weighted by atomic mass is 32.2. The molecule has 0 bridgehead atoms. The van der Waals surface area contributed by atoms with E-state index in [1.807, 2.05) is 11.8 Å². The maximum Gasteiger partial charge on any atom is 0.119 e. The first-order chi connectivity index (χ1) is 5.33. The van der Waals surface area contributed by atoms with Gasteiger partial charge in [0, 0.05) is 6.42 Å². The van der Waals surface area contributed by atoms with Crippen LogP contribution in [0, 0.1) is 5.92 Å². The molecule has 1 heterocycles. The summed E-state index contributed by atoms with van der Waals surface area (Å²) in [5.74, 6) is 8.90. The van der Waals surface area contributed by atoms with Crippen molar-refractivity contribution in [3.63, 3.8) is 0 Å². The standard InChI is InChI=1S/C7H15N3S/c8-7(10-9)5-6-1-3-11-4-2-6/h6H,1-5,9H2,(H2,8,10). The number of nitrogens with two attached hydrogens (primary N) is 2. The van der Waals surface area contributed by atoms with Gasteiger partial charge in [0.25, 0.3) is 0 Å². The summed E-state index contributed by atoms with van der Waals surface area (Å²) in [6.45, 7) is 0. The van der Waals surface area contributed by atoms with Gasteiger partial charge in [0.15, 0.2) is 0 Å². The smallest absolute Gasteiger partial charge is 0.119 e. The summed E-state index contributed by atoms with van der Waals surface area (Å²) in [4.78, 5) is 0. The molecule has 11 heavy (non-hydrogen) atoms. The molecule has 1 fully saturated rings. The molecule has 64 valence electrons. The lowest BCUT2D eigenvalue weighted by Crippen LogP contribution is -2.21. The van der Waals surface area contributed by atoms with E-state index >= 15 is 0 Å². The highest BCUT2D eigenvalue weighted by Crippen LogP contribution is 2.24. The van der Waals surface area contributed by atoms with Gasteiger partial charge in [0.05, 0.1) is 0 Å². The third-order valence-corrected chi connectivity index (χ3v) is 3.05. The lowest BCUT2D eigenvalue weighted by molar-refractivity contribution is 0.507. The number of thioether (sulfide) groups is 1. The van der Waals surface area contributed by atoms with Gasteiger partial charge in [-0.3, -0.25) is 0 Å². The van der Waals surface area contributed by atoms with Gasteiger partial charge in [-0.15, -0.1) is 0 Å². The third kappa shape index (κ3) is 3.01. The first-order valence-corrected chi connectivity index (χ1v) is 5.08. The molecule has 0 aromatic rings. The number of hydrazone groups is 1.